The molecule has 278 valence electrons. The zero-order chi connectivity index (χ0) is 37.6. The first-order valence-electron chi connectivity index (χ1n) is 16.0. The molecule has 0 spiro atoms. The molecule has 1 unspecified atom stereocenters. The lowest BCUT2D eigenvalue weighted by Gasteiger charge is -2.26. The highest BCUT2D eigenvalue weighted by molar-refractivity contribution is 8.26. The third-order valence-corrected chi connectivity index (χ3v) is 9.66. The number of hydrogen-bond acceptors (Lipinski definition) is 9. The zero-order valence-corrected chi connectivity index (χ0v) is 28.9. The van der Waals surface area contributed by atoms with Gasteiger partial charge in [0, 0.05) is 37.4 Å². The highest BCUT2D eigenvalue weighted by atomic mass is 32.2. The number of morpholine rings is 1. The summed E-state index contributed by atoms with van der Waals surface area (Å²) in [5, 5.41) is 22.1. The number of amides is 1. The molecule has 2 saturated heterocycles. The van der Waals surface area contributed by atoms with Crippen LogP contribution in [-0.4, -0.2) is 94.9 Å². The van der Waals surface area contributed by atoms with Crippen molar-refractivity contribution in [2.45, 2.75) is 24.8 Å². The second kappa shape index (κ2) is 16.7. The Kier molecular flexibility index (Phi) is 12.5. The number of carboxylic acid groups (broad SMARTS) is 1. The Balaban J connectivity index is 1.40. The fraction of sp³-hybridized carbons (Fsp3) is 0.343. The summed E-state index contributed by atoms with van der Waals surface area (Å²) in [5.74, 6) is -1.32. The summed E-state index contributed by atoms with van der Waals surface area (Å²) < 4.78 is 93.5. The molecule has 1 amide bonds. The van der Waals surface area contributed by atoms with E-state index in [0.29, 0.717) is 50.7 Å². The van der Waals surface area contributed by atoms with Crippen LogP contribution < -0.4 is 10.1 Å². The van der Waals surface area contributed by atoms with Gasteiger partial charge in [0.05, 0.1) is 47.5 Å². The molecule has 0 aromatic heterocycles. The van der Waals surface area contributed by atoms with Crippen LogP contribution >= 0.6 is 24.0 Å². The molecule has 0 aliphatic carbocycles. The second-order valence-corrected chi connectivity index (χ2v) is 13.6. The first-order chi connectivity index (χ1) is 24.6. The van der Waals surface area contributed by atoms with Crippen molar-refractivity contribution in [3.63, 3.8) is 0 Å². The Hall–Kier alpha value is -4.16. The smallest absolute Gasteiger partial charge is 0.416 e. The highest BCUT2D eigenvalue weighted by Crippen LogP contribution is 2.40. The van der Waals surface area contributed by atoms with Crippen molar-refractivity contribution >= 4 is 51.9 Å². The second-order valence-electron chi connectivity index (χ2n) is 11.9. The number of rotatable bonds is 13. The minimum Gasteiger partial charge on any atom is -0.492 e. The summed E-state index contributed by atoms with van der Waals surface area (Å²) in [6.45, 7) is 3.03. The van der Waals surface area contributed by atoms with Crippen LogP contribution in [0.15, 0.2) is 65.6 Å². The number of nitrogens with zero attached hydrogens (tertiary/aromatic N) is 2. The maximum Gasteiger partial charge on any atom is 0.416 e. The molecule has 2 aliphatic rings. The van der Waals surface area contributed by atoms with Crippen molar-refractivity contribution in [3.8, 4) is 16.9 Å². The molecule has 3 aromatic carbocycles. The van der Waals surface area contributed by atoms with Crippen LogP contribution in [-0.2, 0) is 21.9 Å². The van der Waals surface area contributed by atoms with Gasteiger partial charge in [-0.2, -0.15) is 26.3 Å². The molecule has 0 saturated carbocycles. The number of aliphatic hydroxyl groups is 1. The molecule has 2 aliphatic heterocycles. The largest absolute Gasteiger partial charge is 0.492 e. The van der Waals surface area contributed by atoms with Crippen molar-refractivity contribution in [2.75, 3.05) is 57.9 Å². The van der Waals surface area contributed by atoms with E-state index in [4.69, 9.17) is 26.8 Å². The van der Waals surface area contributed by atoms with Crippen molar-refractivity contribution < 1.29 is 55.6 Å². The van der Waals surface area contributed by atoms with Crippen molar-refractivity contribution in [2.24, 2.45) is 0 Å². The van der Waals surface area contributed by atoms with Crippen LogP contribution in [0.4, 0.5) is 32.0 Å². The number of carbonyl (C=O) groups excluding carboxylic acids is 1. The van der Waals surface area contributed by atoms with E-state index in [1.807, 2.05) is 0 Å². The fourth-order valence-corrected chi connectivity index (χ4v) is 6.78. The molecule has 3 aromatic rings. The predicted molar refractivity (Wildman–Crippen MR) is 187 cm³/mol. The van der Waals surface area contributed by atoms with Gasteiger partial charge in [-0.05, 0) is 78.2 Å². The molecule has 9 nitrogen and oxygen atoms in total. The maximum atomic E-state index is 13.7. The van der Waals surface area contributed by atoms with Gasteiger partial charge in [-0.15, -0.1) is 0 Å². The van der Waals surface area contributed by atoms with E-state index in [-0.39, 0.29) is 69.5 Å². The Labute approximate surface area is 304 Å². The molecule has 0 radical (unpaired) electrons. The molecule has 2 heterocycles. The van der Waals surface area contributed by atoms with Crippen LogP contribution in [0.5, 0.6) is 5.75 Å². The molecule has 3 N–H and O–H groups in total. The number of aliphatic hydroxyl groups excluding tert-OH is 1. The van der Waals surface area contributed by atoms with E-state index in [2.05, 4.69) is 10.2 Å². The normalized spacial score (nSPS) is 17.1. The van der Waals surface area contributed by atoms with Crippen molar-refractivity contribution in [1.29, 1.82) is 0 Å². The summed E-state index contributed by atoms with van der Waals surface area (Å²) in [6.07, 6.45) is -8.38. The van der Waals surface area contributed by atoms with Gasteiger partial charge in [-0.1, -0.05) is 30.0 Å². The average molecular weight is 770 g/mol. The SMILES string of the molecule is O=C(O)c1ccc(NC(CO)CCN2C(=O)C(=Cc3cc(-c4cc(C(F)(F)F)cc(C(F)(F)F)c4)ccc3OCCN3CCOCC3)SC2=S)cc1. The number of nitrogens with one attached hydrogen (secondary N) is 1. The Morgan fingerprint density at radius 2 is 1.62 bits per heavy atom. The van der Waals surface area contributed by atoms with Crippen LogP contribution in [0.3, 0.4) is 0 Å². The Morgan fingerprint density at radius 3 is 2.21 bits per heavy atom. The third-order valence-electron chi connectivity index (χ3n) is 8.28. The number of halogens is 6. The van der Waals surface area contributed by atoms with Gasteiger partial charge in [-0.25, -0.2) is 4.79 Å². The molecule has 1 atom stereocenters. The summed E-state index contributed by atoms with van der Waals surface area (Å²) in [6, 6.07) is 10.9. The van der Waals surface area contributed by atoms with E-state index >= 15 is 0 Å². The van der Waals surface area contributed by atoms with Crippen LogP contribution in [0.25, 0.3) is 17.2 Å². The monoisotopic (exact) mass is 769 g/mol. The number of aromatic carboxylic acids is 1. The number of anilines is 1. The van der Waals surface area contributed by atoms with Gasteiger partial charge in [0.15, 0.2) is 0 Å². The standard InChI is InChI=1S/C35H33F6N3O6S2/c36-34(37,38)25-16-23(17-26(19-25)35(39,40)41)22-3-6-29(50-14-11-43-9-12-49-13-10-43)24(15-22)18-30-31(46)44(33(51)52-30)8-7-28(20-45)42-27-4-1-21(2-5-27)32(47)48/h1-6,15-19,28,42,45H,7-14,20H2,(H,47,48). The lowest BCUT2D eigenvalue weighted by Crippen LogP contribution is -2.38. The van der Waals surface area contributed by atoms with E-state index < -0.39 is 41.4 Å². The molecule has 0 bridgehead atoms. The van der Waals surface area contributed by atoms with E-state index in [1.165, 1.54) is 41.3 Å². The number of carboxylic acids is 1. The van der Waals surface area contributed by atoms with Crippen LogP contribution in [0, 0.1) is 0 Å². The van der Waals surface area contributed by atoms with Gasteiger partial charge in [0.2, 0.25) is 0 Å². The van der Waals surface area contributed by atoms with Gasteiger partial charge >= 0.3 is 18.3 Å². The number of ether oxygens (including phenoxy) is 2. The number of thioether (sulfide) groups is 1. The first-order valence-corrected chi connectivity index (χ1v) is 17.2. The molecule has 52 heavy (non-hydrogen) atoms. The predicted octanol–water partition coefficient (Wildman–Crippen LogP) is 6.86. The molecule has 17 heteroatoms. The van der Waals surface area contributed by atoms with E-state index in [0.717, 1.165) is 11.8 Å². The molecular formula is C35H33F6N3O6S2. The van der Waals surface area contributed by atoms with Crippen LogP contribution in [0.1, 0.15) is 33.5 Å². The quantitative estimate of drug-likeness (QED) is 0.0969. The van der Waals surface area contributed by atoms with Gasteiger partial charge in [-0.3, -0.25) is 14.6 Å². The maximum absolute atomic E-state index is 13.7. The van der Waals surface area contributed by atoms with E-state index in [1.54, 1.807) is 12.1 Å². The van der Waals surface area contributed by atoms with Gasteiger partial charge in [0.1, 0.15) is 16.7 Å². The number of hydrogen-bond donors (Lipinski definition) is 3. The number of alkyl halides is 6. The Bertz CT molecular complexity index is 1780. The minimum atomic E-state index is -5.04. The number of benzene rings is 3. The summed E-state index contributed by atoms with van der Waals surface area (Å²) >= 11 is 6.44. The number of thiocarbonyl (C=S) groups is 1. The topological polar surface area (TPSA) is 112 Å². The molecular weight excluding hydrogens is 737 g/mol. The summed E-state index contributed by atoms with van der Waals surface area (Å²) in [4.78, 5) is 28.3. The van der Waals surface area contributed by atoms with Gasteiger partial charge in [0.25, 0.3) is 5.91 Å². The highest BCUT2D eigenvalue weighted by Gasteiger charge is 2.37. The minimum absolute atomic E-state index is 0.0344. The van der Waals surface area contributed by atoms with Crippen molar-refractivity contribution in [3.05, 3.63) is 87.8 Å². The fourth-order valence-electron chi connectivity index (χ4n) is 5.48. The molecule has 2 fully saturated rings. The zero-order valence-electron chi connectivity index (χ0n) is 27.3. The first kappa shape index (κ1) is 39.1. The van der Waals surface area contributed by atoms with Crippen LogP contribution in [0.2, 0.25) is 0 Å². The summed E-state index contributed by atoms with van der Waals surface area (Å²) in [5.41, 5.74) is -2.33. The van der Waals surface area contributed by atoms with Gasteiger partial charge < -0.3 is 25.0 Å². The average Bonchev–Trinajstić information content (AvgIpc) is 3.37. The number of carbonyl (C=O) groups is 2. The third kappa shape index (κ3) is 10.0. The lowest BCUT2D eigenvalue weighted by molar-refractivity contribution is -0.143. The van der Waals surface area contributed by atoms with E-state index in [9.17, 15) is 41.0 Å². The summed E-state index contributed by atoms with van der Waals surface area (Å²) in [7, 11) is 0. The Morgan fingerprint density at radius 1 is 0.962 bits per heavy atom. The lowest BCUT2D eigenvalue weighted by atomic mass is 9.97. The van der Waals surface area contributed by atoms with Crippen molar-refractivity contribution in [1.82, 2.24) is 9.80 Å². The molecule has 5 rings (SSSR count).